The van der Waals surface area contributed by atoms with Gasteiger partial charge in [-0.25, -0.2) is 0 Å². The molecular weight excluding hydrogens is 246 g/mol. The Bertz CT molecular complexity index is 312. The van der Waals surface area contributed by atoms with Gasteiger partial charge in [0.05, 0.1) is 6.61 Å². The molecule has 0 saturated heterocycles. The van der Waals surface area contributed by atoms with Gasteiger partial charge in [0.1, 0.15) is 0 Å². The molecule has 0 aliphatic heterocycles. The van der Waals surface area contributed by atoms with Crippen LogP contribution in [-0.2, 0) is 11.3 Å². The molecule has 0 fully saturated rings. The summed E-state index contributed by atoms with van der Waals surface area (Å²) in [6, 6.07) is 10.8. The molecule has 20 heavy (non-hydrogen) atoms. The van der Waals surface area contributed by atoms with Gasteiger partial charge < -0.3 is 10.5 Å². The zero-order valence-electron chi connectivity index (χ0n) is 13.0. The van der Waals surface area contributed by atoms with Gasteiger partial charge in [0, 0.05) is 12.6 Å². The SMILES string of the molecule is CCC(N)CCCCCCCCOCc1ccccc1. The van der Waals surface area contributed by atoms with Crippen LogP contribution in [0.5, 0.6) is 0 Å². The zero-order chi connectivity index (χ0) is 14.5. The Balaban J connectivity index is 1.81. The van der Waals surface area contributed by atoms with Crippen molar-refractivity contribution in [2.75, 3.05) is 6.61 Å². The topological polar surface area (TPSA) is 35.2 Å². The van der Waals surface area contributed by atoms with Crippen molar-refractivity contribution in [1.82, 2.24) is 0 Å². The molecule has 0 aliphatic rings. The Morgan fingerprint density at radius 1 is 0.950 bits per heavy atom. The molecule has 0 spiro atoms. The highest BCUT2D eigenvalue weighted by atomic mass is 16.5. The second-order valence-corrected chi connectivity index (χ2v) is 5.62. The molecule has 2 heteroatoms. The molecular formula is C18H31NO. The van der Waals surface area contributed by atoms with Crippen LogP contribution in [0.2, 0.25) is 0 Å². The van der Waals surface area contributed by atoms with Gasteiger partial charge in [0.15, 0.2) is 0 Å². The highest BCUT2D eigenvalue weighted by Gasteiger charge is 1.98. The first kappa shape index (κ1) is 17.2. The Hall–Kier alpha value is -0.860. The van der Waals surface area contributed by atoms with Crippen LogP contribution in [0.1, 0.15) is 63.9 Å². The number of benzene rings is 1. The average Bonchev–Trinajstić information content (AvgIpc) is 2.50. The van der Waals surface area contributed by atoms with Crippen molar-refractivity contribution >= 4 is 0 Å². The van der Waals surface area contributed by atoms with Crippen LogP contribution in [0, 0.1) is 0 Å². The lowest BCUT2D eigenvalue weighted by Crippen LogP contribution is -2.17. The predicted molar refractivity (Wildman–Crippen MR) is 86.7 cm³/mol. The molecule has 2 nitrogen and oxygen atoms in total. The van der Waals surface area contributed by atoms with Crippen LogP contribution in [0.4, 0.5) is 0 Å². The van der Waals surface area contributed by atoms with Gasteiger partial charge in [-0.1, -0.05) is 69.4 Å². The summed E-state index contributed by atoms with van der Waals surface area (Å²) in [4.78, 5) is 0. The van der Waals surface area contributed by atoms with E-state index in [0.29, 0.717) is 6.04 Å². The number of hydrogen-bond acceptors (Lipinski definition) is 2. The molecule has 1 rings (SSSR count). The third-order valence-corrected chi connectivity index (χ3v) is 3.75. The summed E-state index contributed by atoms with van der Waals surface area (Å²) in [5, 5.41) is 0. The van der Waals surface area contributed by atoms with Gasteiger partial charge in [0.25, 0.3) is 0 Å². The molecule has 1 aromatic rings. The van der Waals surface area contributed by atoms with E-state index in [9.17, 15) is 0 Å². The number of ether oxygens (including phenoxy) is 1. The molecule has 0 aromatic heterocycles. The molecule has 0 aliphatic carbocycles. The molecule has 0 amide bonds. The molecule has 0 bridgehead atoms. The molecule has 1 unspecified atom stereocenters. The normalized spacial score (nSPS) is 12.5. The van der Waals surface area contributed by atoms with E-state index >= 15 is 0 Å². The van der Waals surface area contributed by atoms with Crippen LogP contribution in [0.3, 0.4) is 0 Å². The zero-order valence-corrected chi connectivity index (χ0v) is 13.0. The van der Waals surface area contributed by atoms with Crippen LogP contribution >= 0.6 is 0 Å². The van der Waals surface area contributed by atoms with Crippen molar-refractivity contribution in [2.24, 2.45) is 5.73 Å². The number of hydrogen-bond donors (Lipinski definition) is 1. The highest BCUT2D eigenvalue weighted by molar-refractivity contribution is 5.13. The van der Waals surface area contributed by atoms with Gasteiger partial charge in [-0.15, -0.1) is 0 Å². The molecule has 0 saturated carbocycles. The summed E-state index contributed by atoms with van der Waals surface area (Å²) in [7, 11) is 0. The lowest BCUT2D eigenvalue weighted by Gasteiger charge is -2.08. The summed E-state index contributed by atoms with van der Waals surface area (Å²) in [5.41, 5.74) is 7.16. The quantitative estimate of drug-likeness (QED) is 0.563. The Kier molecular flexibility index (Phi) is 10.3. The Labute approximate surface area is 124 Å². The average molecular weight is 277 g/mol. The first-order valence-electron chi connectivity index (χ1n) is 8.20. The molecule has 0 heterocycles. The van der Waals surface area contributed by atoms with E-state index < -0.39 is 0 Å². The monoisotopic (exact) mass is 277 g/mol. The van der Waals surface area contributed by atoms with Crippen LogP contribution in [-0.4, -0.2) is 12.6 Å². The summed E-state index contributed by atoms with van der Waals surface area (Å²) in [6.07, 6.45) is 10.1. The van der Waals surface area contributed by atoms with Crippen LogP contribution in [0.25, 0.3) is 0 Å². The second-order valence-electron chi connectivity index (χ2n) is 5.62. The van der Waals surface area contributed by atoms with Crippen molar-refractivity contribution in [3.8, 4) is 0 Å². The lowest BCUT2D eigenvalue weighted by atomic mass is 10.0. The van der Waals surface area contributed by atoms with Gasteiger partial charge in [-0.2, -0.15) is 0 Å². The lowest BCUT2D eigenvalue weighted by molar-refractivity contribution is 0.116. The minimum absolute atomic E-state index is 0.418. The first-order valence-corrected chi connectivity index (χ1v) is 8.20. The van der Waals surface area contributed by atoms with E-state index in [1.807, 2.05) is 6.07 Å². The highest BCUT2D eigenvalue weighted by Crippen LogP contribution is 2.09. The second kappa shape index (κ2) is 11.9. The third-order valence-electron chi connectivity index (χ3n) is 3.75. The molecule has 0 radical (unpaired) electrons. The maximum absolute atomic E-state index is 5.90. The predicted octanol–water partition coefficient (Wildman–Crippen LogP) is 4.67. The van der Waals surface area contributed by atoms with E-state index in [4.69, 9.17) is 10.5 Å². The molecule has 114 valence electrons. The van der Waals surface area contributed by atoms with Gasteiger partial charge in [0.2, 0.25) is 0 Å². The standard InChI is InChI=1S/C18H31NO/c1-2-18(19)14-10-5-3-4-6-11-15-20-16-17-12-8-7-9-13-17/h7-9,12-13,18H,2-6,10-11,14-16,19H2,1H3. The van der Waals surface area contributed by atoms with Gasteiger partial charge in [-0.3, -0.25) is 0 Å². The van der Waals surface area contributed by atoms with Crippen LogP contribution in [0.15, 0.2) is 30.3 Å². The fraction of sp³-hybridized carbons (Fsp3) is 0.667. The maximum Gasteiger partial charge on any atom is 0.0716 e. The van der Waals surface area contributed by atoms with Gasteiger partial charge >= 0.3 is 0 Å². The van der Waals surface area contributed by atoms with Crippen LogP contribution < -0.4 is 5.73 Å². The fourth-order valence-corrected chi connectivity index (χ4v) is 2.29. The maximum atomic E-state index is 5.90. The Morgan fingerprint density at radius 2 is 1.60 bits per heavy atom. The summed E-state index contributed by atoms with van der Waals surface area (Å²) in [6.45, 7) is 3.80. The Morgan fingerprint density at radius 3 is 2.30 bits per heavy atom. The van der Waals surface area contributed by atoms with E-state index in [-0.39, 0.29) is 0 Å². The largest absolute Gasteiger partial charge is 0.377 e. The minimum atomic E-state index is 0.418. The smallest absolute Gasteiger partial charge is 0.0716 e. The molecule has 1 aromatic carbocycles. The van der Waals surface area contributed by atoms with Crippen molar-refractivity contribution in [3.05, 3.63) is 35.9 Å². The van der Waals surface area contributed by atoms with E-state index in [0.717, 1.165) is 19.6 Å². The third kappa shape index (κ3) is 9.11. The number of rotatable bonds is 12. The fourth-order valence-electron chi connectivity index (χ4n) is 2.29. The molecule has 2 N–H and O–H groups in total. The van der Waals surface area contributed by atoms with Crippen molar-refractivity contribution in [1.29, 1.82) is 0 Å². The summed E-state index contributed by atoms with van der Waals surface area (Å²) >= 11 is 0. The van der Waals surface area contributed by atoms with Crippen molar-refractivity contribution < 1.29 is 4.74 Å². The number of nitrogens with two attached hydrogens (primary N) is 1. The first-order chi connectivity index (χ1) is 9.83. The van der Waals surface area contributed by atoms with E-state index in [1.165, 1.54) is 50.5 Å². The minimum Gasteiger partial charge on any atom is -0.377 e. The number of unbranched alkanes of at least 4 members (excludes halogenated alkanes) is 5. The summed E-state index contributed by atoms with van der Waals surface area (Å²) in [5.74, 6) is 0. The van der Waals surface area contributed by atoms with Crippen molar-refractivity contribution in [2.45, 2.75) is 70.9 Å². The van der Waals surface area contributed by atoms with E-state index in [1.54, 1.807) is 0 Å². The van der Waals surface area contributed by atoms with Gasteiger partial charge in [-0.05, 0) is 24.8 Å². The molecule has 1 atom stereocenters. The summed E-state index contributed by atoms with van der Waals surface area (Å²) < 4.78 is 5.68. The van der Waals surface area contributed by atoms with E-state index in [2.05, 4.69) is 31.2 Å². The van der Waals surface area contributed by atoms with Crippen molar-refractivity contribution in [3.63, 3.8) is 0 Å².